The second kappa shape index (κ2) is 9.43. The molecule has 1 aliphatic carbocycles. The second-order valence-corrected chi connectivity index (χ2v) is 9.18. The third-order valence-electron chi connectivity index (χ3n) is 7.26. The van der Waals surface area contributed by atoms with E-state index in [0.29, 0.717) is 0 Å². The van der Waals surface area contributed by atoms with Crippen LogP contribution in [0.5, 0.6) is 11.5 Å². The molecular weight excluding hydrogens is 484 g/mol. The van der Waals surface area contributed by atoms with E-state index in [4.69, 9.17) is 28.4 Å². The third-order valence-corrected chi connectivity index (χ3v) is 7.26. The molecule has 13 heteroatoms. The number of phenolic OH excluding ortho intramolecular Hbond substituents is 1. The van der Waals surface area contributed by atoms with Crippen molar-refractivity contribution in [3.8, 4) is 11.5 Å². The van der Waals surface area contributed by atoms with Crippen LogP contribution in [0.3, 0.4) is 0 Å². The Hall–Kier alpha value is -2.49. The van der Waals surface area contributed by atoms with Crippen molar-refractivity contribution in [1.82, 2.24) is 0 Å². The summed E-state index contributed by atoms with van der Waals surface area (Å²) in [6.07, 6.45) is -7.19. The van der Waals surface area contributed by atoms with Crippen molar-refractivity contribution in [3.63, 3.8) is 0 Å². The van der Waals surface area contributed by atoms with Crippen LogP contribution < -0.4 is 4.74 Å². The van der Waals surface area contributed by atoms with Gasteiger partial charge in [-0.25, -0.2) is 4.79 Å². The van der Waals surface area contributed by atoms with Gasteiger partial charge in [-0.1, -0.05) is 0 Å². The van der Waals surface area contributed by atoms with Gasteiger partial charge in [0.25, 0.3) is 0 Å². The Bertz CT molecular complexity index is 1010. The van der Waals surface area contributed by atoms with Crippen LogP contribution in [-0.2, 0) is 23.7 Å². The predicted molar refractivity (Wildman–Crippen MR) is 114 cm³/mol. The molecule has 1 saturated carbocycles. The largest absolute Gasteiger partial charge is 0.504 e. The average molecular weight is 512 g/mol. The Morgan fingerprint density at radius 3 is 2.58 bits per heavy atom. The summed E-state index contributed by atoms with van der Waals surface area (Å²) in [4.78, 5) is 12.9. The summed E-state index contributed by atoms with van der Waals surface area (Å²) in [5, 5.41) is 59.8. The molecule has 0 amide bonds. The molecule has 4 unspecified atom stereocenters. The summed E-state index contributed by atoms with van der Waals surface area (Å²) in [6.45, 7) is -1.07. The molecule has 13 nitrogen and oxygen atoms in total. The van der Waals surface area contributed by atoms with Crippen molar-refractivity contribution in [3.05, 3.63) is 36.1 Å². The molecule has 0 spiro atoms. The number of ether oxygens (including phenoxy) is 6. The van der Waals surface area contributed by atoms with Gasteiger partial charge in [-0.2, -0.15) is 0 Å². The van der Waals surface area contributed by atoms with Crippen LogP contribution in [0.15, 0.2) is 30.5 Å². The van der Waals surface area contributed by atoms with E-state index >= 15 is 0 Å². The lowest BCUT2D eigenvalue weighted by Gasteiger charge is -2.43. The molecule has 0 aromatic heterocycles. The van der Waals surface area contributed by atoms with Crippen molar-refractivity contribution in [1.29, 1.82) is 0 Å². The maximum absolute atomic E-state index is 12.9. The predicted octanol–water partition coefficient (Wildman–Crippen LogP) is -2.01. The molecular formula is C23H28O13. The highest BCUT2D eigenvalue weighted by Gasteiger charge is 2.77. The fraction of sp³-hybridized carbons (Fsp3) is 0.609. The molecule has 0 radical (unpaired) electrons. The Morgan fingerprint density at radius 1 is 1.11 bits per heavy atom. The van der Waals surface area contributed by atoms with E-state index in [1.54, 1.807) is 6.08 Å². The summed E-state index contributed by atoms with van der Waals surface area (Å²) in [7, 11) is 1.35. The smallest absolute Gasteiger partial charge is 0.338 e. The number of aromatic hydroxyl groups is 1. The number of aliphatic hydroxyl groups is 5. The third kappa shape index (κ3) is 3.92. The molecule has 3 heterocycles. The van der Waals surface area contributed by atoms with Crippen LogP contribution in [0, 0.1) is 11.8 Å². The first-order chi connectivity index (χ1) is 17.2. The highest BCUT2D eigenvalue weighted by molar-refractivity contribution is 5.90. The maximum atomic E-state index is 12.9. The number of carbonyl (C=O) groups excluding carboxylic acids is 1. The fourth-order valence-electron chi connectivity index (χ4n) is 5.28. The van der Waals surface area contributed by atoms with E-state index in [9.17, 15) is 35.4 Å². The SMILES string of the molecule is COc1cc(C(=O)OC2C3OC3(CO)[C@@H]3C(O[C@@H]4O[C@H](CO)[C@@H](O)[C@H](O)[C@H]4O)OC=C[C@H]23)ccc1O. The van der Waals surface area contributed by atoms with Crippen LogP contribution in [-0.4, -0.2) is 112 Å². The maximum Gasteiger partial charge on any atom is 0.338 e. The molecule has 5 rings (SSSR count). The van der Waals surface area contributed by atoms with Crippen molar-refractivity contribution >= 4 is 5.97 Å². The molecule has 11 atom stereocenters. The Morgan fingerprint density at radius 2 is 1.89 bits per heavy atom. The number of rotatable bonds is 7. The number of carbonyl (C=O) groups is 1. The molecule has 36 heavy (non-hydrogen) atoms. The number of fused-ring (bicyclic) bond motifs is 3. The van der Waals surface area contributed by atoms with Crippen molar-refractivity contribution in [2.24, 2.45) is 11.8 Å². The Balaban J connectivity index is 1.35. The minimum absolute atomic E-state index is 0.0973. The number of aliphatic hydroxyl groups excluding tert-OH is 5. The topological polar surface area (TPSA) is 197 Å². The molecule has 4 aliphatic rings. The zero-order chi connectivity index (χ0) is 25.8. The molecule has 1 aromatic carbocycles. The monoisotopic (exact) mass is 512 g/mol. The zero-order valence-electron chi connectivity index (χ0n) is 19.1. The second-order valence-electron chi connectivity index (χ2n) is 9.18. The van der Waals surface area contributed by atoms with Gasteiger partial charge in [0.15, 0.2) is 17.8 Å². The first-order valence-corrected chi connectivity index (χ1v) is 11.4. The quantitative estimate of drug-likeness (QED) is 0.173. The van der Waals surface area contributed by atoms with E-state index in [-0.39, 0.29) is 17.1 Å². The molecule has 6 N–H and O–H groups in total. The molecule has 2 saturated heterocycles. The lowest BCUT2D eigenvalue weighted by Crippen LogP contribution is -2.60. The van der Waals surface area contributed by atoms with E-state index in [1.807, 2.05) is 0 Å². The summed E-state index contributed by atoms with van der Waals surface area (Å²) < 4.78 is 33.4. The average Bonchev–Trinajstić information content (AvgIpc) is 3.56. The van der Waals surface area contributed by atoms with E-state index in [0.717, 1.165) is 0 Å². The summed E-state index contributed by atoms with van der Waals surface area (Å²) >= 11 is 0. The molecule has 198 valence electrons. The number of hydrogen-bond donors (Lipinski definition) is 6. The van der Waals surface area contributed by atoms with Crippen molar-refractivity contribution < 1.29 is 63.9 Å². The van der Waals surface area contributed by atoms with Crippen LogP contribution in [0.25, 0.3) is 0 Å². The van der Waals surface area contributed by atoms with Crippen LogP contribution in [0.1, 0.15) is 10.4 Å². The van der Waals surface area contributed by atoms with E-state index in [1.165, 1.54) is 31.6 Å². The van der Waals surface area contributed by atoms with Gasteiger partial charge in [0.2, 0.25) is 6.29 Å². The van der Waals surface area contributed by atoms with E-state index < -0.39 is 85.8 Å². The van der Waals surface area contributed by atoms with Gasteiger partial charge in [-0.3, -0.25) is 0 Å². The standard InChI is InChI=1S/C23H28O13/c1-31-12-6-9(2-3-11(12)26)20(30)34-18-10-4-5-32-21(14(10)23(8-25)19(18)36-23)35-22-17(29)16(28)15(27)13(7-24)33-22/h2-6,10,13-19,21-22,24-29H,7-8H2,1H3/t10-,13+,14-,15+,16-,17+,18?,19?,21?,22-,23?/m0/s1. The highest BCUT2D eigenvalue weighted by Crippen LogP contribution is 2.60. The Kier molecular flexibility index (Phi) is 6.59. The zero-order valence-corrected chi connectivity index (χ0v) is 19.1. The normalized spacial score (nSPS) is 42.7. The van der Waals surface area contributed by atoms with Crippen molar-refractivity contribution in [2.45, 2.75) is 54.8 Å². The molecule has 1 aromatic rings. The van der Waals surface area contributed by atoms with Gasteiger partial charge in [0.1, 0.15) is 42.2 Å². The lowest BCUT2D eigenvalue weighted by atomic mass is 9.85. The highest BCUT2D eigenvalue weighted by atomic mass is 16.8. The van der Waals surface area contributed by atoms with Gasteiger partial charge in [-0.15, -0.1) is 0 Å². The number of benzene rings is 1. The van der Waals surface area contributed by atoms with Crippen molar-refractivity contribution in [2.75, 3.05) is 20.3 Å². The number of epoxide rings is 1. The number of hydrogen-bond acceptors (Lipinski definition) is 13. The Labute approximate surface area is 205 Å². The van der Waals surface area contributed by atoms with Gasteiger partial charge in [0.05, 0.1) is 38.1 Å². The van der Waals surface area contributed by atoms with Crippen LogP contribution in [0.4, 0.5) is 0 Å². The lowest BCUT2D eigenvalue weighted by molar-refractivity contribution is -0.344. The first-order valence-electron chi connectivity index (χ1n) is 11.4. The molecule has 3 fully saturated rings. The summed E-state index contributed by atoms with van der Waals surface area (Å²) in [6, 6.07) is 4.02. The molecule has 3 aliphatic heterocycles. The van der Waals surface area contributed by atoms with Gasteiger partial charge in [0, 0.05) is 5.92 Å². The van der Waals surface area contributed by atoms with Crippen LogP contribution >= 0.6 is 0 Å². The summed E-state index contributed by atoms with van der Waals surface area (Å²) in [5.74, 6) is -1.95. The fourth-order valence-corrected chi connectivity index (χ4v) is 5.28. The number of methoxy groups -OCH3 is 1. The minimum Gasteiger partial charge on any atom is -0.504 e. The minimum atomic E-state index is -1.66. The summed E-state index contributed by atoms with van der Waals surface area (Å²) in [5.41, 5.74) is -1.03. The number of phenols is 1. The van der Waals surface area contributed by atoms with Gasteiger partial charge >= 0.3 is 5.97 Å². The van der Waals surface area contributed by atoms with Gasteiger partial charge in [-0.05, 0) is 24.3 Å². The number of esters is 1. The molecule has 0 bridgehead atoms. The van der Waals surface area contributed by atoms with Gasteiger partial charge < -0.3 is 59.1 Å². The van der Waals surface area contributed by atoms with E-state index in [2.05, 4.69) is 0 Å². The van der Waals surface area contributed by atoms with Crippen LogP contribution in [0.2, 0.25) is 0 Å². The first kappa shape index (κ1) is 25.2.